The number of fused-ring (bicyclic) bond motifs is 1. The van der Waals surface area contributed by atoms with Crippen molar-refractivity contribution in [1.29, 1.82) is 0 Å². The number of hydrogen-bond acceptors (Lipinski definition) is 5. The highest BCUT2D eigenvalue weighted by molar-refractivity contribution is 6.34. The van der Waals surface area contributed by atoms with Crippen LogP contribution in [0.15, 0.2) is 12.4 Å². The molecule has 1 aliphatic rings. The van der Waals surface area contributed by atoms with Crippen LogP contribution in [0.1, 0.15) is 18.9 Å². The highest BCUT2D eigenvalue weighted by Gasteiger charge is 2.24. The first-order valence-electron chi connectivity index (χ1n) is 6.84. The van der Waals surface area contributed by atoms with E-state index in [1.165, 1.54) is 0 Å². The fourth-order valence-electron chi connectivity index (χ4n) is 2.53. The topological polar surface area (TPSA) is 71.0 Å². The van der Waals surface area contributed by atoms with Crippen LogP contribution in [0.2, 0.25) is 5.15 Å². The third kappa shape index (κ3) is 2.76. The van der Waals surface area contributed by atoms with Gasteiger partial charge in [0.05, 0.1) is 10.9 Å². The predicted octanol–water partition coefficient (Wildman–Crippen LogP) is 2.02. The molecule has 1 aliphatic heterocycles. The molecule has 1 atom stereocenters. The van der Waals surface area contributed by atoms with Crippen LogP contribution in [0.5, 0.6) is 0 Å². The summed E-state index contributed by atoms with van der Waals surface area (Å²) in [6.45, 7) is 4.99. The first-order valence-corrected chi connectivity index (χ1v) is 7.22. The van der Waals surface area contributed by atoms with Crippen molar-refractivity contribution in [3.8, 4) is 0 Å². The SMILES string of the molecule is CC(=O)N1CC[C@H](Nc2ncc3c(Cl)ncc(C)c3n2)C1. The molecule has 0 radical (unpaired) electrons. The predicted molar refractivity (Wildman–Crippen MR) is 81.4 cm³/mol. The molecule has 1 saturated heterocycles. The van der Waals surface area contributed by atoms with E-state index in [1.54, 1.807) is 19.3 Å². The van der Waals surface area contributed by atoms with Crippen molar-refractivity contribution in [2.24, 2.45) is 0 Å². The van der Waals surface area contributed by atoms with E-state index in [0.717, 1.165) is 29.4 Å². The number of nitrogens with one attached hydrogen (secondary N) is 1. The lowest BCUT2D eigenvalue weighted by Gasteiger charge is -2.15. The second-order valence-electron chi connectivity index (χ2n) is 5.28. The molecular weight excluding hydrogens is 290 g/mol. The molecule has 1 amide bonds. The molecule has 0 aliphatic carbocycles. The zero-order valence-corrected chi connectivity index (χ0v) is 12.7. The van der Waals surface area contributed by atoms with Gasteiger partial charge < -0.3 is 10.2 Å². The van der Waals surface area contributed by atoms with Gasteiger partial charge in [-0.2, -0.15) is 0 Å². The number of likely N-dealkylation sites (tertiary alicyclic amines) is 1. The van der Waals surface area contributed by atoms with Gasteiger partial charge in [-0.25, -0.2) is 15.0 Å². The number of anilines is 1. The monoisotopic (exact) mass is 305 g/mol. The summed E-state index contributed by atoms with van der Waals surface area (Å²) in [6.07, 6.45) is 4.29. The van der Waals surface area contributed by atoms with Crippen LogP contribution in [0.25, 0.3) is 10.9 Å². The Morgan fingerprint density at radius 1 is 1.43 bits per heavy atom. The third-order valence-corrected chi connectivity index (χ3v) is 4.02. The Morgan fingerprint density at radius 3 is 2.95 bits per heavy atom. The summed E-state index contributed by atoms with van der Waals surface area (Å²) in [5.74, 6) is 0.663. The number of aryl methyl sites for hydroxylation is 1. The van der Waals surface area contributed by atoms with E-state index >= 15 is 0 Å². The number of rotatable bonds is 2. The molecule has 110 valence electrons. The standard InChI is InChI=1S/C14H16ClN5O/c1-8-5-16-13(15)11-6-17-14(19-12(8)11)18-10-3-4-20(7-10)9(2)21/h5-6,10H,3-4,7H2,1-2H3,(H,17,18,19)/t10-/m0/s1. The van der Waals surface area contributed by atoms with Crippen LogP contribution in [-0.4, -0.2) is 44.9 Å². The Balaban J connectivity index is 1.82. The minimum atomic E-state index is 0.104. The number of pyridine rings is 1. The summed E-state index contributed by atoms with van der Waals surface area (Å²) in [5, 5.41) is 4.44. The molecule has 2 aromatic heterocycles. The molecule has 3 rings (SSSR count). The van der Waals surface area contributed by atoms with Gasteiger partial charge in [0.1, 0.15) is 5.15 Å². The molecule has 2 aromatic rings. The average molecular weight is 306 g/mol. The van der Waals surface area contributed by atoms with Crippen LogP contribution in [0, 0.1) is 6.92 Å². The molecule has 0 aromatic carbocycles. The maximum absolute atomic E-state index is 11.3. The minimum Gasteiger partial charge on any atom is -0.350 e. The van der Waals surface area contributed by atoms with E-state index in [4.69, 9.17) is 11.6 Å². The zero-order chi connectivity index (χ0) is 15.0. The molecule has 7 heteroatoms. The fraction of sp³-hybridized carbons (Fsp3) is 0.429. The number of halogens is 1. The van der Waals surface area contributed by atoms with E-state index in [1.807, 2.05) is 11.8 Å². The van der Waals surface area contributed by atoms with Gasteiger partial charge >= 0.3 is 0 Å². The first kappa shape index (κ1) is 14.0. The van der Waals surface area contributed by atoms with E-state index in [-0.39, 0.29) is 11.9 Å². The molecule has 0 unspecified atom stereocenters. The molecule has 0 bridgehead atoms. The second-order valence-corrected chi connectivity index (χ2v) is 5.64. The van der Waals surface area contributed by atoms with E-state index in [2.05, 4.69) is 20.3 Å². The molecule has 21 heavy (non-hydrogen) atoms. The van der Waals surface area contributed by atoms with Crippen molar-refractivity contribution in [2.45, 2.75) is 26.3 Å². The van der Waals surface area contributed by atoms with Gasteiger partial charge in [-0.05, 0) is 18.9 Å². The van der Waals surface area contributed by atoms with Gasteiger partial charge in [-0.3, -0.25) is 4.79 Å². The smallest absolute Gasteiger partial charge is 0.223 e. The van der Waals surface area contributed by atoms with Crippen LogP contribution < -0.4 is 5.32 Å². The van der Waals surface area contributed by atoms with Crippen LogP contribution in [-0.2, 0) is 4.79 Å². The lowest BCUT2D eigenvalue weighted by molar-refractivity contribution is -0.127. The van der Waals surface area contributed by atoms with Gasteiger partial charge in [-0.15, -0.1) is 0 Å². The Bertz CT molecular complexity index is 705. The quantitative estimate of drug-likeness (QED) is 0.860. The summed E-state index contributed by atoms with van der Waals surface area (Å²) < 4.78 is 0. The summed E-state index contributed by atoms with van der Waals surface area (Å²) in [5.41, 5.74) is 1.76. The maximum Gasteiger partial charge on any atom is 0.223 e. The fourth-order valence-corrected chi connectivity index (χ4v) is 2.72. The summed E-state index contributed by atoms with van der Waals surface area (Å²) in [4.78, 5) is 26.1. The molecule has 6 nitrogen and oxygen atoms in total. The van der Waals surface area contributed by atoms with Crippen LogP contribution in [0.4, 0.5) is 5.95 Å². The van der Waals surface area contributed by atoms with E-state index in [0.29, 0.717) is 17.6 Å². The first-order chi connectivity index (χ1) is 10.0. The average Bonchev–Trinajstić information content (AvgIpc) is 2.92. The van der Waals surface area contributed by atoms with Gasteiger partial charge in [0, 0.05) is 38.4 Å². The lowest BCUT2D eigenvalue weighted by atomic mass is 10.2. The van der Waals surface area contributed by atoms with Crippen molar-refractivity contribution < 1.29 is 4.79 Å². The molecule has 1 fully saturated rings. The van der Waals surface area contributed by atoms with Crippen LogP contribution >= 0.6 is 11.6 Å². The largest absolute Gasteiger partial charge is 0.350 e. The summed E-state index contributed by atoms with van der Waals surface area (Å²) in [7, 11) is 0. The van der Waals surface area contributed by atoms with Crippen LogP contribution in [0.3, 0.4) is 0 Å². The number of carbonyl (C=O) groups excluding carboxylic acids is 1. The highest BCUT2D eigenvalue weighted by atomic mass is 35.5. The van der Waals surface area contributed by atoms with Crippen molar-refractivity contribution in [1.82, 2.24) is 19.9 Å². The van der Waals surface area contributed by atoms with E-state index < -0.39 is 0 Å². The van der Waals surface area contributed by atoms with Crippen molar-refractivity contribution in [3.63, 3.8) is 0 Å². The third-order valence-electron chi connectivity index (χ3n) is 3.72. The van der Waals surface area contributed by atoms with E-state index in [9.17, 15) is 4.79 Å². The summed E-state index contributed by atoms with van der Waals surface area (Å²) in [6, 6.07) is 0.184. The number of amides is 1. The Morgan fingerprint density at radius 2 is 2.24 bits per heavy atom. The molecule has 1 N–H and O–H groups in total. The van der Waals surface area contributed by atoms with Crippen molar-refractivity contribution in [2.75, 3.05) is 18.4 Å². The van der Waals surface area contributed by atoms with Gasteiger partial charge in [0.2, 0.25) is 11.9 Å². The second kappa shape index (κ2) is 5.44. The molecule has 0 spiro atoms. The Hall–Kier alpha value is -1.95. The number of hydrogen-bond donors (Lipinski definition) is 1. The van der Waals surface area contributed by atoms with Gasteiger partial charge in [-0.1, -0.05) is 11.6 Å². The highest BCUT2D eigenvalue weighted by Crippen LogP contribution is 2.23. The van der Waals surface area contributed by atoms with Gasteiger partial charge in [0.25, 0.3) is 0 Å². The van der Waals surface area contributed by atoms with Gasteiger partial charge in [0.15, 0.2) is 0 Å². The number of carbonyl (C=O) groups is 1. The van der Waals surface area contributed by atoms with Crippen molar-refractivity contribution >= 4 is 34.4 Å². The minimum absolute atomic E-state index is 0.104. The Kier molecular flexibility index (Phi) is 3.63. The molecule has 3 heterocycles. The van der Waals surface area contributed by atoms with Crippen molar-refractivity contribution in [3.05, 3.63) is 23.1 Å². The number of nitrogens with zero attached hydrogens (tertiary/aromatic N) is 4. The molecular formula is C14H16ClN5O. The maximum atomic E-state index is 11.3. The lowest BCUT2D eigenvalue weighted by Crippen LogP contribution is -2.30. The Labute approximate surface area is 127 Å². The summed E-state index contributed by atoms with van der Waals surface area (Å²) >= 11 is 6.05. The number of aromatic nitrogens is 3. The zero-order valence-electron chi connectivity index (χ0n) is 11.9. The molecule has 0 saturated carbocycles. The normalized spacial score (nSPS) is 18.2.